The van der Waals surface area contributed by atoms with Crippen LogP contribution >= 0.6 is 11.6 Å². The molecule has 4 nitrogen and oxygen atoms in total. The molecule has 1 atom stereocenters. The highest BCUT2D eigenvalue weighted by atomic mass is 35.5. The summed E-state index contributed by atoms with van der Waals surface area (Å²) < 4.78 is 0. The molecule has 0 bridgehead atoms. The Balaban J connectivity index is 2.03. The molecule has 1 saturated heterocycles. The molecule has 0 aliphatic carbocycles. The molecule has 1 unspecified atom stereocenters. The minimum absolute atomic E-state index is 0.00341. The second kappa shape index (κ2) is 6.46. The number of carbonyl (C=O) groups is 1. The van der Waals surface area contributed by atoms with Crippen molar-refractivity contribution in [2.24, 2.45) is 0 Å². The highest BCUT2D eigenvalue weighted by Crippen LogP contribution is 2.21. The average molecular weight is 296 g/mol. The number of carbonyl (C=O) groups excluding carboxylic acids is 1. The average Bonchev–Trinajstić information content (AvgIpc) is 2.88. The van der Waals surface area contributed by atoms with Crippen molar-refractivity contribution in [1.82, 2.24) is 9.80 Å². The van der Waals surface area contributed by atoms with Gasteiger partial charge in [-0.3, -0.25) is 9.69 Å². The van der Waals surface area contributed by atoms with Crippen LogP contribution in [0.25, 0.3) is 0 Å². The summed E-state index contributed by atoms with van der Waals surface area (Å²) in [6.07, 6.45) is 2.38. The number of anilines is 1. The van der Waals surface area contributed by atoms with E-state index in [0.29, 0.717) is 22.3 Å². The summed E-state index contributed by atoms with van der Waals surface area (Å²) in [6, 6.07) is 5.52. The van der Waals surface area contributed by atoms with Gasteiger partial charge in [0.15, 0.2) is 0 Å². The van der Waals surface area contributed by atoms with E-state index in [9.17, 15) is 4.79 Å². The Bertz CT molecular complexity index is 492. The van der Waals surface area contributed by atoms with E-state index in [-0.39, 0.29) is 5.91 Å². The first-order valence-corrected chi connectivity index (χ1v) is 7.45. The lowest BCUT2D eigenvalue weighted by atomic mass is 10.1. The second-order valence-corrected chi connectivity index (χ2v) is 5.75. The first kappa shape index (κ1) is 15.1. The number of likely N-dealkylation sites (tertiary alicyclic amines) is 1. The van der Waals surface area contributed by atoms with E-state index < -0.39 is 0 Å². The van der Waals surface area contributed by atoms with Crippen molar-refractivity contribution in [2.45, 2.75) is 25.8 Å². The van der Waals surface area contributed by atoms with Crippen LogP contribution in [0.2, 0.25) is 5.02 Å². The lowest BCUT2D eigenvalue weighted by Crippen LogP contribution is -2.41. The van der Waals surface area contributed by atoms with Crippen LogP contribution in [0.5, 0.6) is 0 Å². The zero-order chi connectivity index (χ0) is 14.7. The largest absolute Gasteiger partial charge is 0.398 e. The molecule has 1 heterocycles. The first-order chi connectivity index (χ1) is 9.52. The van der Waals surface area contributed by atoms with Gasteiger partial charge in [-0.15, -0.1) is 0 Å². The predicted molar refractivity (Wildman–Crippen MR) is 83.1 cm³/mol. The Morgan fingerprint density at radius 3 is 2.95 bits per heavy atom. The number of hydrogen-bond acceptors (Lipinski definition) is 3. The van der Waals surface area contributed by atoms with Gasteiger partial charge < -0.3 is 10.6 Å². The molecule has 1 fully saturated rings. The molecule has 0 saturated carbocycles. The number of hydrogen-bond donors (Lipinski definition) is 1. The molecule has 0 spiro atoms. The Kier molecular flexibility index (Phi) is 4.89. The third-order valence-electron chi connectivity index (χ3n) is 3.98. The molecule has 2 rings (SSSR count). The van der Waals surface area contributed by atoms with Crippen molar-refractivity contribution in [3.05, 3.63) is 28.8 Å². The molecule has 2 N–H and O–H groups in total. The van der Waals surface area contributed by atoms with Gasteiger partial charge in [0, 0.05) is 25.2 Å². The fourth-order valence-corrected chi connectivity index (χ4v) is 2.93. The van der Waals surface area contributed by atoms with Crippen molar-refractivity contribution < 1.29 is 4.79 Å². The normalized spacial score (nSPS) is 19.2. The molecule has 0 aromatic heterocycles. The molecular weight excluding hydrogens is 274 g/mol. The fraction of sp³-hybridized carbons (Fsp3) is 0.533. The number of benzene rings is 1. The maximum absolute atomic E-state index is 12.4. The summed E-state index contributed by atoms with van der Waals surface area (Å²) in [5.41, 5.74) is 6.79. The maximum Gasteiger partial charge on any atom is 0.253 e. The van der Waals surface area contributed by atoms with E-state index in [1.165, 1.54) is 6.42 Å². The van der Waals surface area contributed by atoms with Crippen molar-refractivity contribution in [1.29, 1.82) is 0 Å². The summed E-state index contributed by atoms with van der Waals surface area (Å²) in [7, 11) is 1.85. The van der Waals surface area contributed by atoms with Gasteiger partial charge in [0.25, 0.3) is 5.91 Å². The molecule has 110 valence electrons. The molecule has 1 amide bonds. The second-order valence-electron chi connectivity index (χ2n) is 5.35. The third-order valence-corrected chi connectivity index (χ3v) is 4.32. The summed E-state index contributed by atoms with van der Waals surface area (Å²) in [5, 5.41) is 0.483. The maximum atomic E-state index is 12.4. The zero-order valence-electron chi connectivity index (χ0n) is 12.1. The number of nitrogen functional groups attached to an aromatic ring is 1. The van der Waals surface area contributed by atoms with Crippen molar-refractivity contribution in [2.75, 3.05) is 32.4 Å². The van der Waals surface area contributed by atoms with Crippen LogP contribution < -0.4 is 5.73 Å². The topological polar surface area (TPSA) is 49.6 Å². The van der Waals surface area contributed by atoms with Crippen LogP contribution in [-0.4, -0.2) is 48.4 Å². The number of amides is 1. The van der Waals surface area contributed by atoms with Gasteiger partial charge in [-0.05, 0) is 44.1 Å². The van der Waals surface area contributed by atoms with Crippen LogP contribution in [0.3, 0.4) is 0 Å². The molecule has 0 radical (unpaired) electrons. The van der Waals surface area contributed by atoms with E-state index in [0.717, 1.165) is 26.1 Å². The van der Waals surface area contributed by atoms with Gasteiger partial charge in [0.2, 0.25) is 0 Å². The highest BCUT2D eigenvalue weighted by molar-refractivity contribution is 6.33. The lowest BCUT2D eigenvalue weighted by Gasteiger charge is -2.27. The molecule has 1 aliphatic heterocycles. The molecule has 5 heteroatoms. The number of likely N-dealkylation sites (N-methyl/N-ethyl adjacent to an activating group) is 2. The summed E-state index contributed by atoms with van der Waals surface area (Å²) in [4.78, 5) is 16.6. The van der Waals surface area contributed by atoms with Gasteiger partial charge in [0.1, 0.15) is 0 Å². The van der Waals surface area contributed by atoms with E-state index in [1.807, 2.05) is 7.05 Å². The minimum atomic E-state index is -0.00341. The van der Waals surface area contributed by atoms with Crippen LogP contribution in [-0.2, 0) is 0 Å². The lowest BCUT2D eigenvalue weighted by molar-refractivity contribution is 0.0754. The van der Waals surface area contributed by atoms with Gasteiger partial charge in [-0.25, -0.2) is 0 Å². The van der Waals surface area contributed by atoms with E-state index in [4.69, 9.17) is 17.3 Å². The quantitative estimate of drug-likeness (QED) is 0.868. The van der Waals surface area contributed by atoms with Gasteiger partial charge in [0.05, 0.1) is 10.7 Å². The smallest absolute Gasteiger partial charge is 0.253 e. The molecular formula is C15H22ClN3O. The van der Waals surface area contributed by atoms with Crippen molar-refractivity contribution in [3.63, 3.8) is 0 Å². The Morgan fingerprint density at radius 1 is 1.55 bits per heavy atom. The van der Waals surface area contributed by atoms with E-state index >= 15 is 0 Å². The first-order valence-electron chi connectivity index (χ1n) is 7.07. The van der Waals surface area contributed by atoms with Crippen LogP contribution in [0.1, 0.15) is 30.1 Å². The Hall–Kier alpha value is -1.26. The minimum Gasteiger partial charge on any atom is -0.398 e. The Labute approximate surface area is 125 Å². The molecule has 1 aliphatic rings. The van der Waals surface area contributed by atoms with E-state index in [2.05, 4.69) is 11.8 Å². The third kappa shape index (κ3) is 3.25. The number of rotatable bonds is 4. The zero-order valence-corrected chi connectivity index (χ0v) is 12.9. The van der Waals surface area contributed by atoms with Crippen molar-refractivity contribution in [3.8, 4) is 0 Å². The molecule has 1 aromatic rings. The van der Waals surface area contributed by atoms with E-state index in [1.54, 1.807) is 23.1 Å². The highest BCUT2D eigenvalue weighted by Gasteiger charge is 2.25. The number of nitrogens with two attached hydrogens (primary N) is 1. The summed E-state index contributed by atoms with van der Waals surface area (Å²) >= 11 is 5.88. The SMILES string of the molecule is CCN1CCCC1CN(C)C(=O)c1ccc(Cl)c(N)c1. The predicted octanol–water partition coefficient (Wildman–Crippen LogP) is 2.48. The van der Waals surface area contributed by atoms with Gasteiger partial charge in [-0.2, -0.15) is 0 Å². The van der Waals surface area contributed by atoms with Gasteiger partial charge >= 0.3 is 0 Å². The summed E-state index contributed by atoms with van der Waals surface area (Å²) in [6.45, 7) is 5.10. The fourth-order valence-electron chi connectivity index (χ4n) is 2.81. The summed E-state index contributed by atoms with van der Waals surface area (Å²) in [5.74, 6) is -0.00341. The molecule has 20 heavy (non-hydrogen) atoms. The van der Waals surface area contributed by atoms with Crippen molar-refractivity contribution >= 4 is 23.2 Å². The number of nitrogens with zero attached hydrogens (tertiary/aromatic N) is 2. The number of halogens is 1. The van der Waals surface area contributed by atoms with Crippen LogP contribution in [0, 0.1) is 0 Å². The monoisotopic (exact) mass is 295 g/mol. The van der Waals surface area contributed by atoms with Crippen LogP contribution in [0.15, 0.2) is 18.2 Å². The Morgan fingerprint density at radius 2 is 2.30 bits per heavy atom. The standard InChI is InChI=1S/C15H22ClN3O/c1-3-19-8-4-5-12(19)10-18(2)15(20)11-6-7-13(16)14(17)9-11/h6-7,9,12H,3-5,8,10,17H2,1-2H3. The van der Waals surface area contributed by atoms with Gasteiger partial charge in [-0.1, -0.05) is 18.5 Å². The van der Waals surface area contributed by atoms with Crippen LogP contribution in [0.4, 0.5) is 5.69 Å². The molecule has 1 aromatic carbocycles.